The zero-order valence-corrected chi connectivity index (χ0v) is 12.7. The maximum absolute atomic E-state index is 13.7. The molecule has 21 heavy (non-hydrogen) atoms. The number of hydrogen-bond acceptors (Lipinski definition) is 3. The van der Waals surface area contributed by atoms with Crippen LogP contribution < -0.4 is 10.5 Å². The number of halogens is 2. The molecule has 2 aromatic carbocycles. The second-order valence-electron chi connectivity index (χ2n) is 4.54. The fourth-order valence-corrected chi connectivity index (χ4v) is 2.48. The number of rotatable bonds is 4. The maximum atomic E-state index is 13.7. The summed E-state index contributed by atoms with van der Waals surface area (Å²) in [5, 5.41) is 0. The number of para-hydroxylation sites is 1. The lowest BCUT2D eigenvalue weighted by molar-refractivity contribution is 0.301. The summed E-state index contributed by atoms with van der Waals surface area (Å²) in [6.45, 7) is 0.926. The molecule has 6 heteroatoms. The van der Waals surface area contributed by atoms with E-state index in [0.717, 1.165) is 5.75 Å². The first-order valence-electron chi connectivity index (χ1n) is 6.44. The van der Waals surface area contributed by atoms with E-state index < -0.39 is 0 Å². The van der Waals surface area contributed by atoms with Crippen LogP contribution in [-0.4, -0.2) is 16.2 Å². The van der Waals surface area contributed by atoms with Crippen molar-refractivity contribution in [1.29, 1.82) is 0 Å². The third-order valence-corrected chi connectivity index (χ3v) is 3.75. The van der Waals surface area contributed by atoms with E-state index in [1.54, 1.807) is 10.6 Å². The van der Waals surface area contributed by atoms with Crippen molar-refractivity contribution in [3.63, 3.8) is 0 Å². The molecule has 0 aliphatic carbocycles. The van der Waals surface area contributed by atoms with Gasteiger partial charge in [0.25, 0.3) is 0 Å². The van der Waals surface area contributed by atoms with Crippen molar-refractivity contribution in [1.82, 2.24) is 9.55 Å². The minimum atomic E-state index is -0.340. The predicted molar refractivity (Wildman–Crippen MR) is 83.7 cm³/mol. The summed E-state index contributed by atoms with van der Waals surface area (Å²) in [6, 6.07) is 12.5. The van der Waals surface area contributed by atoms with Crippen LogP contribution >= 0.6 is 15.9 Å². The predicted octanol–water partition coefficient (Wildman–Crippen LogP) is 3.60. The Balaban J connectivity index is 1.80. The number of anilines is 1. The zero-order chi connectivity index (χ0) is 14.8. The molecule has 1 heterocycles. The van der Waals surface area contributed by atoms with Crippen LogP contribution in [0, 0.1) is 5.82 Å². The Labute approximate surface area is 129 Å². The molecule has 0 atom stereocenters. The van der Waals surface area contributed by atoms with Crippen LogP contribution in [0.4, 0.5) is 10.3 Å². The molecule has 0 unspecified atom stereocenters. The van der Waals surface area contributed by atoms with E-state index in [0.29, 0.717) is 34.6 Å². The molecular formula is C15H13BrFN3O. The van der Waals surface area contributed by atoms with Crippen LogP contribution in [-0.2, 0) is 6.54 Å². The Morgan fingerprint density at radius 1 is 1.24 bits per heavy atom. The number of ether oxygens (including phenoxy) is 1. The van der Waals surface area contributed by atoms with Gasteiger partial charge in [-0.05, 0) is 34.1 Å². The Morgan fingerprint density at radius 3 is 2.76 bits per heavy atom. The number of aromatic nitrogens is 2. The molecule has 0 amide bonds. The normalized spacial score (nSPS) is 11.0. The summed E-state index contributed by atoms with van der Waals surface area (Å²) in [4.78, 5) is 4.23. The van der Waals surface area contributed by atoms with Gasteiger partial charge in [-0.2, -0.15) is 0 Å². The lowest BCUT2D eigenvalue weighted by Crippen LogP contribution is -2.10. The van der Waals surface area contributed by atoms with Crippen LogP contribution in [0.1, 0.15) is 0 Å². The van der Waals surface area contributed by atoms with E-state index in [1.165, 1.54) is 6.07 Å². The summed E-state index contributed by atoms with van der Waals surface area (Å²) < 4.78 is 21.4. The molecular weight excluding hydrogens is 337 g/mol. The highest BCUT2D eigenvalue weighted by Gasteiger charge is 2.11. The Kier molecular flexibility index (Phi) is 3.79. The largest absolute Gasteiger partial charge is 0.492 e. The highest BCUT2D eigenvalue weighted by Crippen LogP contribution is 2.25. The highest BCUT2D eigenvalue weighted by atomic mass is 79.9. The van der Waals surface area contributed by atoms with Crippen LogP contribution in [0.3, 0.4) is 0 Å². The molecule has 0 radical (unpaired) electrons. The van der Waals surface area contributed by atoms with Crippen molar-refractivity contribution in [3.8, 4) is 5.75 Å². The molecule has 3 aromatic rings. The van der Waals surface area contributed by atoms with Crippen LogP contribution in [0.2, 0.25) is 0 Å². The van der Waals surface area contributed by atoms with Crippen molar-refractivity contribution < 1.29 is 9.13 Å². The summed E-state index contributed by atoms with van der Waals surface area (Å²) in [5.41, 5.74) is 7.20. The second kappa shape index (κ2) is 5.73. The van der Waals surface area contributed by atoms with Crippen molar-refractivity contribution in [2.24, 2.45) is 0 Å². The van der Waals surface area contributed by atoms with Gasteiger partial charge < -0.3 is 15.0 Å². The topological polar surface area (TPSA) is 53.1 Å². The fourth-order valence-electron chi connectivity index (χ4n) is 2.15. The minimum absolute atomic E-state index is 0.340. The van der Waals surface area contributed by atoms with E-state index >= 15 is 0 Å². The first-order valence-corrected chi connectivity index (χ1v) is 7.23. The number of imidazole rings is 1. The smallest absolute Gasteiger partial charge is 0.201 e. The molecule has 0 bridgehead atoms. The van der Waals surface area contributed by atoms with Gasteiger partial charge in [0.15, 0.2) is 0 Å². The van der Waals surface area contributed by atoms with E-state index in [9.17, 15) is 4.39 Å². The molecule has 4 nitrogen and oxygen atoms in total. The molecule has 108 valence electrons. The number of nitrogen functional groups attached to an aromatic ring is 1. The lowest BCUT2D eigenvalue weighted by atomic mass is 10.3. The number of fused-ring (bicyclic) bond motifs is 1. The SMILES string of the molecule is Nc1nc2cc(Br)c(F)cc2n1CCOc1ccccc1. The van der Waals surface area contributed by atoms with Gasteiger partial charge in [0.1, 0.15) is 18.2 Å². The average Bonchev–Trinajstić information content (AvgIpc) is 2.76. The third-order valence-electron chi connectivity index (χ3n) is 3.15. The highest BCUT2D eigenvalue weighted by molar-refractivity contribution is 9.10. The maximum Gasteiger partial charge on any atom is 0.201 e. The van der Waals surface area contributed by atoms with Crippen LogP contribution in [0.15, 0.2) is 46.9 Å². The molecule has 2 N–H and O–H groups in total. The van der Waals surface area contributed by atoms with Gasteiger partial charge in [-0.25, -0.2) is 9.37 Å². The minimum Gasteiger partial charge on any atom is -0.492 e. The van der Waals surface area contributed by atoms with E-state index in [-0.39, 0.29) is 5.82 Å². The van der Waals surface area contributed by atoms with Gasteiger partial charge in [0, 0.05) is 6.07 Å². The van der Waals surface area contributed by atoms with Gasteiger partial charge in [-0.3, -0.25) is 0 Å². The standard InChI is InChI=1S/C15H13BrFN3O/c16-11-8-13-14(9-12(11)17)20(15(18)19-13)6-7-21-10-4-2-1-3-5-10/h1-5,8-9H,6-7H2,(H2,18,19). The van der Waals surface area contributed by atoms with Gasteiger partial charge in [0.05, 0.1) is 22.1 Å². The summed E-state index contributed by atoms with van der Waals surface area (Å²) in [5.74, 6) is 0.793. The fraction of sp³-hybridized carbons (Fsp3) is 0.133. The number of nitrogens with two attached hydrogens (primary N) is 1. The first kappa shape index (κ1) is 13.9. The molecule has 0 saturated carbocycles. The van der Waals surface area contributed by atoms with Gasteiger partial charge in [-0.15, -0.1) is 0 Å². The number of nitrogens with zero attached hydrogens (tertiary/aromatic N) is 2. The van der Waals surface area contributed by atoms with Crippen molar-refractivity contribution in [2.45, 2.75) is 6.54 Å². The summed E-state index contributed by atoms with van der Waals surface area (Å²) in [6.07, 6.45) is 0. The Morgan fingerprint density at radius 2 is 2.00 bits per heavy atom. The molecule has 0 fully saturated rings. The Bertz CT molecular complexity index is 773. The van der Waals surface area contributed by atoms with Crippen molar-refractivity contribution >= 4 is 32.9 Å². The van der Waals surface area contributed by atoms with Crippen LogP contribution in [0.5, 0.6) is 5.75 Å². The molecule has 0 spiro atoms. The van der Waals surface area contributed by atoms with Gasteiger partial charge in [0.2, 0.25) is 5.95 Å². The van der Waals surface area contributed by atoms with Crippen molar-refractivity contribution in [2.75, 3.05) is 12.3 Å². The summed E-state index contributed by atoms with van der Waals surface area (Å²) >= 11 is 3.14. The lowest BCUT2D eigenvalue weighted by Gasteiger charge is -2.09. The molecule has 0 aliphatic rings. The molecule has 3 rings (SSSR count). The quantitative estimate of drug-likeness (QED) is 0.782. The second-order valence-corrected chi connectivity index (χ2v) is 5.39. The first-order chi connectivity index (χ1) is 10.1. The monoisotopic (exact) mass is 349 g/mol. The number of benzene rings is 2. The zero-order valence-electron chi connectivity index (χ0n) is 11.1. The van der Waals surface area contributed by atoms with Crippen LogP contribution in [0.25, 0.3) is 11.0 Å². The van der Waals surface area contributed by atoms with E-state index in [2.05, 4.69) is 20.9 Å². The van der Waals surface area contributed by atoms with Crippen molar-refractivity contribution in [3.05, 3.63) is 52.8 Å². The van der Waals surface area contributed by atoms with Gasteiger partial charge in [-0.1, -0.05) is 18.2 Å². The average molecular weight is 350 g/mol. The van der Waals surface area contributed by atoms with E-state index in [1.807, 2.05) is 30.3 Å². The third kappa shape index (κ3) is 2.85. The molecule has 0 aliphatic heterocycles. The molecule has 0 saturated heterocycles. The van der Waals surface area contributed by atoms with Gasteiger partial charge >= 0.3 is 0 Å². The summed E-state index contributed by atoms with van der Waals surface area (Å²) in [7, 11) is 0. The van der Waals surface area contributed by atoms with E-state index in [4.69, 9.17) is 10.5 Å². The Hall–Kier alpha value is -2.08. The molecule has 1 aromatic heterocycles. The number of hydrogen-bond donors (Lipinski definition) is 1.